The first-order valence-corrected chi connectivity index (χ1v) is 13.4. The fourth-order valence-electron chi connectivity index (χ4n) is 5.22. The second-order valence-electron chi connectivity index (χ2n) is 9.81. The van der Waals surface area contributed by atoms with Crippen LogP contribution in [-0.2, 0) is 0 Å². The van der Waals surface area contributed by atoms with E-state index in [1.807, 2.05) is 12.1 Å². The SMILES string of the molecule is C1=CCC(c2nc(C3=CCCC=C3)nc(-c3cccc(-c4nc5ccccc5n4-c4ccccc4)c3)n2)C=C1. The molecule has 0 N–H and O–H groups in total. The van der Waals surface area contributed by atoms with Gasteiger partial charge in [0.05, 0.1) is 11.0 Å². The third-order valence-electron chi connectivity index (χ3n) is 7.17. The Morgan fingerprint density at radius 1 is 0.692 bits per heavy atom. The summed E-state index contributed by atoms with van der Waals surface area (Å²) < 4.78 is 2.22. The van der Waals surface area contributed by atoms with Crippen molar-refractivity contribution in [3.63, 3.8) is 0 Å². The Morgan fingerprint density at radius 3 is 2.38 bits per heavy atom. The smallest absolute Gasteiger partial charge is 0.163 e. The quantitative estimate of drug-likeness (QED) is 0.244. The lowest BCUT2D eigenvalue weighted by molar-refractivity contribution is 0.756. The molecular weight excluding hydrogens is 478 g/mol. The highest BCUT2D eigenvalue weighted by Gasteiger charge is 2.19. The average Bonchev–Trinajstić information content (AvgIpc) is 3.42. The van der Waals surface area contributed by atoms with Gasteiger partial charge in [0.15, 0.2) is 11.6 Å². The number of benzene rings is 3. The van der Waals surface area contributed by atoms with Crippen molar-refractivity contribution >= 4 is 16.6 Å². The molecule has 0 amide bonds. The number of imidazole rings is 1. The van der Waals surface area contributed by atoms with Gasteiger partial charge in [-0.3, -0.25) is 4.57 Å². The van der Waals surface area contributed by atoms with Gasteiger partial charge in [-0.05, 0) is 49.6 Å². The van der Waals surface area contributed by atoms with E-state index in [2.05, 4.69) is 114 Å². The van der Waals surface area contributed by atoms with Crippen molar-refractivity contribution < 1.29 is 0 Å². The van der Waals surface area contributed by atoms with Crippen molar-refractivity contribution in [1.82, 2.24) is 24.5 Å². The van der Waals surface area contributed by atoms with Crippen LogP contribution in [0.5, 0.6) is 0 Å². The summed E-state index contributed by atoms with van der Waals surface area (Å²) in [6.45, 7) is 0. The molecule has 39 heavy (non-hydrogen) atoms. The Hall–Kier alpha value is -4.90. The minimum Gasteiger partial charge on any atom is -0.292 e. The summed E-state index contributed by atoms with van der Waals surface area (Å²) in [5, 5.41) is 0. The highest BCUT2D eigenvalue weighted by molar-refractivity contribution is 5.84. The Morgan fingerprint density at radius 2 is 1.54 bits per heavy atom. The molecule has 1 unspecified atom stereocenters. The molecule has 1 atom stereocenters. The van der Waals surface area contributed by atoms with Crippen LogP contribution in [0, 0.1) is 0 Å². The topological polar surface area (TPSA) is 56.5 Å². The highest BCUT2D eigenvalue weighted by atomic mass is 15.1. The number of rotatable bonds is 5. The maximum absolute atomic E-state index is 5.05. The molecule has 0 radical (unpaired) electrons. The maximum Gasteiger partial charge on any atom is 0.163 e. The largest absolute Gasteiger partial charge is 0.292 e. The van der Waals surface area contributed by atoms with Crippen molar-refractivity contribution in [1.29, 1.82) is 0 Å². The molecule has 0 aliphatic heterocycles. The molecule has 0 bridgehead atoms. The number of allylic oxidation sites excluding steroid dienone is 8. The first-order chi connectivity index (χ1) is 19.3. The van der Waals surface area contributed by atoms with Crippen molar-refractivity contribution in [3.05, 3.63) is 133 Å². The van der Waals surface area contributed by atoms with Gasteiger partial charge in [-0.15, -0.1) is 0 Å². The second-order valence-corrected chi connectivity index (χ2v) is 9.81. The average molecular weight is 506 g/mol. The summed E-state index contributed by atoms with van der Waals surface area (Å²) in [5.41, 5.74) is 6.11. The molecule has 2 aliphatic rings. The number of aromatic nitrogens is 5. The summed E-state index contributed by atoms with van der Waals surface area (Å²) in [6.07, 6.45) is 18.0. The van der Waals surface area contributed by atoms with Crippen LogP contribution in [0.2, 0.25) is 0 Å². The first-order valence-electron chi connectivity index (χ1n) is 13.4. The van der Waals surface area contributed by atoms with E-state index < -0.39 is 0 Å². The monoisotopic (exact) mass is 505 g/mol. The van der Waals surface area contributed by atoms with Gasteiger partial charge in [-0.25, -0.2) is 19.9 Å². The predicted molar refractivity (Wildman–Crippen MR) is 157 cm³/mol. The maximum atomic E-state index is 5.05. The van der Waals surface area contributed by atoms with Crippen LogP contribution >= 0.6 is 0 Å². The van der Waals surface area contributed by atoms with Crippen molar-refractivity contribution in [2.75, 3.05) is 0 Å². The molecule has 0 fully saturated rings. The van der Waals surface area contributed by atoms with Gasteiger partial charge in [0.1, 0.15) is 11.6 Å². The van der Waals surface area contributed by atoms with Gasteiger partial charge < -0.3 is 0 Å². The van der Waals surface area contributed by atoms with Gasteiger partial charge in [0.25, 0.3) is 0 Å². The van der Waals surface area contributed by atoms with E-state index in [0.29, 0.717) is 5.82 Å². The number of nitrogens with zero attached hydrogens (tertiary/aromatic N) is 5. The van der Waals surface area contributed by atoms with E-state index in [-0.39, 0.29) is 5.92 Å². The third kappa shape index (κ3) is 4.53. The molecule has 5 aromatic rings. The number of fused-ring (bicyclic) bond motifs is 1. The molecule has 0 spiro atoms. The molecule has 5 nitrogen and oxygen atoms in total. The van der Waals surface area contributed by atoms with Gasteiger partial charge in [-0.1, -0.05) is 91.1 Å². The summed E-state index contributed by atoms with van der Waals surface area (Å²) in [7, 11) is 0. The lowest BCUT2D eigenvalue weighted by Crippen LogP contribution is -2.09. The summed E-state index contributed by atoms with van der Waals surface area (Å²) in [4.78, 5) is 19.9. The fraction of sp³-hybridized carbons (Fsp3) is 0.118. The zero-order valence-corrected chi connectivity index (χ0v) is 21.5. The molecular formula is C34H27N5. The predicted octanol–water partition coefficient (Wildman–Crippen LogP) is 7.88. The number of hydrogen-bond donors (Lipinski definition) is 0. The normalized spacial score (nSPS) is 16.5. The molecule has 7 rings (SSSR count). The molecule has 5 heteroatoms. The molecule has 2 aromatic heterocycles. The van der Waals surface area contributed by atoms with Crippen LogP contribution < -0.4 is 0 Å². The summed E-state index contributed by atoms with van der Waals surface area (Å²) >= 11 is 0. The minimum absolute atomic E-state index is 0.133. The van der Waals surface area contributed by atoms with E-state index >= 15 is 0 Å². The lowest BCUT2D eigenvalue weighted by Gasteiger charge is -2.15. The summed E-state index contributed by atoms with van der Waals surface area (Å²) in [6, 6.07) is 27.0. The molecule has 2 aliphatic carbocycles. The Balaban J connectivity index is 1.37. The van der Waals surface area contributed by atoms with E-state index in [1.165, 1.54) is 0 Å². The van der Waals surface area contributed by atoms with Crippen molar-refractivity contribution in [2.24, 2.45) is 0 Å². The van der Waals surface area contributed by atoms with Gasteiger partial charge in [0, 0.05) is 28.3 Å². The van der Waals surface area contributed by atoms with Crippen LogP contribution in [0.1, 0.15) is 36.8 Å². The van der Waals surface area contributed by atoms with Crippen LogP contribution in [0.4, 0.5) is 0 Å². The standard InChI is InChI=1S/C34H27N5/c1-4-13-24(14-5-1)31-36-32(25-15-6-2-7-16-25)38-33(37-31)26-17-12-18-27(23-26)34-35-29-21-10-11-22-30(29)39(34)28-19-8-3-9-20-28/h1,3-6,8-13,15-24H,2,7,14H2. The number of para-hydroxylation sites is 3. The molecule has 3 aromatic carbocycles. The van der Waals surface area contributed by atoms with E-state index in [0.717, 1.165) is 70.2 Å². The zero-order valence-electron chi connectivity index (χ0n) is 21.5. The van der Waals surface area contributed by atoms with Crippen LogP contribution in [0.15, 0.2) is 121 Å². The van der Waals surface area contributed by atoms with Crippen LogP contribution in [0.3, 0.4) is 0 Å². The van der Waals surface area contributed by atoms with Gasteiger partial charge in [-0.2, -0.15) is 0 Å². The fourth-order valence-corrected chi connectivity index (χ4v) is 5.22. The Labute approximate surface area is 227 Å². The van der Waals surface area contributed by atoms with Crippen molar-refractivity contribution in [3.8, 4) is 28.5 Å². The zero-order chi connectivity index (χ0) is 26.0. The first kappa shape index (κ1) is 23.2. The highest BCUT2D eigenvalue weighted by Crippen LogP contribution is 2.32. The van der Waals surface area contributed by atoms with E-state index in [9.17, 15) is 0 Å². The van der Waals surface area contributed by atoms with Crippen LogP contribution in [0.25, 0.3) is 45.1 Å². The Kier molecular flexibility index (Phi) is 6.02. The minimum atomic E-state index is 0.133. The van der Waals surface area contributed by atoms with Crippen molar-refractivity contribution in [2.45, 2.75) is 25.2 Å². The van der Waals surface area contributed by atoms with E-state index in [4.69, 9.17) is 19.9 Å². The third-order valence-corrected chi connectivity index (χ3v) is 7.17. The van der Waals surface area contributed by atoms with E-state index in [1.54, 1.807) is 0 Å². The number of hydrogen-bond acceptors (Lipinski definition) is 4. The molecule has 0 saturated carbocycles. The lowest BCUT2D eigenvalue weighted by atomic mass is 9.99. The van der Waals surface area contributed by atoms with Gasteiger partial charge >= 0.3 is 0 Å². The second kappa shape index (κ2) is 10.1. The molecule has 0 saturated heterocycles. The molecule has 2 heterocycles. The summed E-state index contributed by atoms with van der Waals surface area (Å²) in [5.74, 6) is 3.24. The Bertz CT molecular complexity index is 1790. The van der Waals surface area contributed by atoms with Crippen LogP contribution in [-0.4, -0.2) is 24.5 Å². The molecule has 188 valence electrons. The van der Waals surface area contributed by atoms with Gasteiger partial charge in [0.2, 0.25) is 0 Å².